The van der Waals surface area contributed by atoms with Crippen molar-refractivity contribution in [2.75, 3.05) is 31.1 Å². The standard InChI is InChI=1S/C22H25N5O/c28-22(10-6-9-19-7-2-1-3-8-19)27-17-15-26(16-18-27)21-12-11-20(23-24-21)25-13-4-5-14-25/h1-5,7-8,11-14H,6,9-10,15-18H2. The second kappa shape index (κ2) is 8.69. The van der Waals surface area contributed by atoms with Gasteiger partial charge >= 0.3 is 0 Å². The predicted molar refractivity (Wildman–Crippen MR) is 110 cm³/mol. The van der Waals surface area contributed by atoms with Crippen LogP contribution in [0.4, 0.5) is 5.82 Å². The molecule has 1 saturated heterocycles. The fraction of sp³-hybridized carbons (Fsp3) is 0.318. The Bertz CT molecular complexity index is 869. The number of aryl methyl sites for hydroxylation is 1. The second-order valence-corrected chi connectivity index (χ2v) is 7.05. The number of benzene rings is 1. The Morgan fingerprint density at radius 1 is 0.821 bits per heavy atom. The van der Waals surface area contributed by atoms with Crippen molar-refractivity contribution in [2.24, 2.45) is 0 Å². The van der Waals surface area contributed by atoms with Gasteiger partial charge in [0.05, 0.1) is 0 Å². The first-order chi connectivity index (χ1) is 13.8. The molecule has 1 aromatic carbocycles. The topological polar surface area (TPSA) is 54.3 Å². The first kappa shape index (κ1) is 18.2. The van der Waals surface area contributed by atoms with Crippen LogP contribution in [-0.4, -0.2) is 51.8 Å². The molecule has 4 rings (SSSR count). The summed E-state index contributed by atoms with van der Waals surface area (Å²) in [6.07, 6.45) is 6.36. The van der Waals surface area contributed by atoms with E-state index in [0.29, 0.717) is 6.42 Å². The van der Waals surface area contributed by atoms with E-state index in [0.717, 1.165) is 50.7 Å². The molecule has 1 aliphatic heterocycles. The van der Waals surface area contributed by atoms with Crippen molar-refractivity contribution in [3.63, 3.8) is 0 Å². The van der Waals surface area contributed by atoms with Crippen molar-refractivity contribution < 1.29 is 4.79 Å². The van der Waals surface area contributed by atoms with E-state index >= 15 is 0 Å². The Kier molecular flexibility index (Phi) is 5.66. The molecule has 1 aliphatic rings. The second-order valence-electron chi connectivity index (χ2n) is 7.05. The van der Waals surface area contributed by atoms with Crippen molar-refractivity contribution in [1.82, 2.24) is 19.7 Å². The van der Waals surface area contributed by atoms with E-state index in [1.807, 2.05) is 64.3 Å². The summed E-state index contributed by atoms with van der Waals surface area (Å²) in [6.45, 7) is 3.07. The lowest BCUT2D eigenvalue weighted by Gasteiger charge is -2.35. The minimum Gasteiger partial charge on any atom is -0.352 e. The third kappa shape index (κ3) is 4.39. The monoisotopic (exact) mass is 375 g/mol. The zero-order valence-electron chi connectivity index (χ0n) is 15.9. The van der Waals surface area contributed by atoms with E-state index in [2.05, 4.69) is 27.2 Å². The highest BCUT2D eigenvalue weighted by Gasteiger charge is 2.21. The summed E-state index contributed by atoms with van der Waals surface area (Å²) >= 11 is 0. The van der Waals surface area contributed by atoms with Crippen molar-refractivity contribution in [3.8, 4) is 5.82 Å². The molecule has 28 heavy (non-hydrogen) atoms. The smallest absolute Gasteiger partial charge is 0.222 e. The van der Waals surface area contributed by atoms with Crippen molar-refractivity contribution in [1.29, 1.82) is 0 Å². The van der Waals surface area contributed by atoms with E-state index in [-0.39, 0.29) is 5.91 Å². The number of carbonyl (C=O) groups excluding carboxylic acids is 1. The fourth-order valence-corrected chi connectivity index (χ4v) is 3.54. The van der Waals surface area contributed by atoms with Gasteiger partial charge in [0, 0.05) is 45.0 Å². The van der Waals surface area contributed by atoms with Gasteiger partial charge in [0.2, 0.25) is 5.91 Å². The van der Waals surface area contributed by atoms with E-state index in [9.17, 15) is 4.79 Å². The molecular weight excluding hydrogens is 350 g/mol. The zero-order chi connectivity index (χ0) is 19.2. The van der Waals surface area contributed by atoms with Gasteiger partial charge in [0.25, 0.3) is 0 Å². The summed E-state index contributed by atoms with van der Waals surface area (Å²) in [5.41, 5.74) is 1.29. The average molecular weight is 375 g/mol. The average Bonchev–Trinajstić information content (AvgIpc) is 3.30. The van der Waals surface area contributed by atoms with Gasteiger partial charge in [-0.15, -0.1) is 10.2 Å². The summed E-state index contributed by atoms with van der Waals surface area (Å²) < 4.78 is 1.93. The number of carbonyl (C=O) groups is 1. The van der Waals surface area contributed by atoms with Crippen LogP contribution in [0.3, 0.4) is 0 Å². The number of aromatic nitrogens is 3. The van der Waals surface area contributed by atoms with Gasteiger partial charge in [-0.05, 0) is 42.7 Å². The third-order valence-electron chi connectivity index (χ3n) is 5.16. The van der Waals surface area contributed by atoms with Crippen LogP contribution in [0.1, 0.15) is 18.4 Å². The quantitative estimate of drug-likeness (QED) is 0.665. The van der Waals surface area contributed by atoms with Crippen molar-refractivity contribution in [3.05, 3.63) is 72.6 Å². The van der Waals surface area contributed by atoms with Crippen LogP contribution in [0.25, 0.3) is 5.82 Å². The van der Waals surface area contributed by atoms with Gasteiger partial charge in [0.15, 0.2) is 11.6 Å². The Balaban J connectivity index is 1.24. The fourth-order valence-electron chi connectivity index (χ4n) is 3.54. The third-order valence-corrected chi connectivity index (χ3v) is 5.16. The number of rotatable bonds is 6. The minimum absolute atomic E-state index is 0.254. The number of anilines is 1. The molecule has 0 saturated carbocycles. The molecule has 0 spiro atoms. The highest BCUT2D eigenvalue weighted by atomic mass is 16.2. The first-order valence-electron chi connectivity index (χ1n) is 9.83. The SMILES string of the molecule is O=C(CCCc1ccccc1)N1CCN(c2ccc(-n3cccc3)nn2)CC1. The molecule has 1 fully saturated rings. The molecule has 0 N–H and O–H groups in total. The van der Waals surface area contributed by atoms with Gasteiger partial charge in [-0.3, -0.25) is 4.79 Å². The summed E-state index contributed by atoms with van der Waals surface area (Å²) in [6, 6.07) is 18.2. The lowest BCUT2D eigenvalue weighted by molar-refractivity contribution is -0.131. The molecule has 3 aromatic rings. The summed E-state index contributed by atoms with van der Waals surface area (Å²) in [5.74, 6) is 1.93. The highest BCUT2D eigenvalue weighted by molar-refractivity contribution is 5.76. The molecule has 0 radical (unpaired) electrons. The van der Waals surface area contributed by atoms with Crippen LogP contribution in [0.5, 0.6) is 0 Å². The molecule has 0 atom stereocenters. The number of amides is 1. The van der Waals surface area contributed by atoms with Gasteiger partial charge in [0.1, 0.15) is 0 Å². The molecule has 0 unspecified atom stereocenters. The maximum absolute atomic E-state index is 12.5. The van der Waals surface area contributed by atoms with Gasteiger partial charge in [-0.1, -0.05) is 30.3 Å². The number of hydrogen-bond donors (Lipinski definition) is 0. The Morgan fingerprint density at radius 3 is 2.18 bits per heavy atom. The summed E-state index contributed by atoms with van der Waals surface area (Å²) in [5, 5.41) is 8.67. The summed E-state index contributed by atoms with van der Waals surface area (Å²) in [4.78, 5) is 16.7. The summed E-state index contributed by atoms with van der Waals surface area (Å²) in [7, 11) is 0. The largest absolute Gasteiger partial charge is 0.352 e. The number of nitrogens with zero attached hydrogens (tertiary/aromatic N) is 5. The lowest BCUT2D eigenvalue weighted by atomic mass is 10.1. The molecule has 6 heteroatoms. The lowest BCUT2D eigenvalue weighted by Crippen LogP contribution is -2.49. The molecule has 0 aliphatic carbocycles. The van der Waals surface area contributed by atoms with E-state index < -0.39 is 0 Å². The molecule has 3 heterocycles. The minimum atomic E-state index is 0.254. The highest BCUT2D eigenvalue weighted by Crippen LogP contribution is 2.15. The maximum atomic E-state index is 12.5. The predicted octanol–water partition coefficient (Wildman–Crippen LogP) is 2.94. The molecule has 1 amide bonds. The Labute approximate surface area is 165 Å². The van der Waals surface area contributed by atoms with Crippen LogP contribution in [-0.2, 0) is 11.2 Å². The maximum Gasteiger partial charge on any atom is 0.222 e. The van der Waals surface area contributed by atoms with Crippen LogP contribution in [0.15, 0.2) is 67.0 Å². The Hall–Kier alpha value is -3.15. The van der Waals surface area contributed by atoms with Crippen molar-refractivity contribution >= 4 is 11.7 Å². The van der Waals surface area contributed by atoms with Crippen LogP contribution in [0, 0.1) is 0 Å². The van der Waals surface area contributed by atoms with E-state index in [1.165, 1.54) is 5.56 Å². The molecular formula is C22H25N5O. The normalized spacial score (nSPS) is 14.3. The first-order valence-corrected chi connectivity index (χ1v) is 9.83. The number of piperazine rings is 1. The zero-order valence-corrected chi connectivity index (χ0v) is 15.9. The Morgan fingerprint density at radius 2 is 1.50 bits per heavy atom. The molecule has 144 valence electrons. The van der Waals surface area contributed by atoms with Crippen LogP contribution >= 0.6 is 0 Å². The van der Waals surface area contributed by atoms with E-state index in [1.54, 1.807) is 0 Å². The molecule has 2 aromatic heterocycles. The number of hydrogen-bond acceptors (Lipinski definition) is 4. The van der Waals surface area contributed by atoms with Gasteiger partial charge in [-0.2, -0.15) is 0 Å². The molecule has 0 bridgehead atoms. The van der Waals surface area contributed by atoms with Gasteiger partial charge in [-0.25, -0.2) is 0 Å². The van der Waals surface area contributed by atoms with E-state index in [4.69, 9.17) is 0 Å². The van der Waals surface area contributed by atoms with Gasteiger partial charge < -0.3 is 14.4 Å². The van der Waals surface area contributed by atoms with Crippen LogP contribution in [0.2, 0.25) is 0 Å². The van der Waals surface area contributed by atoms with Crippen molar-refractivity contribution in [2.45, 2.75) is 19.3 Å². The van der Waals surface area contributed by atoms with Crippen LogP contribution < -0.4 is 4.90 Å². The molecule has 6 nitrogen and oxygen atoms in total.